The fourth-order valence-corrected chi connectivity index (χ4v) is 2.07. The van der Waals surface area contributed by atoms with Gasteiger partial charge >= 0.3 is 0 Å². The summed E-state index contributed by atoms with van der Waals surface area (Å²) in [5.74, 6) is 0.491. The predicted molar refractivity (Wildman–Crippen MR) is 73.4 cm³/mol. The highest BCUT2D eigenvalue weighted by Crippen LogP contribution is 2.28. The van der Waals surface area contributed by atoms with Crippen molar-refractivity contribution in [2.75, 3.05) is 12.3 Å². The van der Waals surface area contributed by atoms with Crippen LogP contribution in [-0.2, 0) is 0 Å². The van der Waals surface area contributed by atoms with Crippen molar-refractivity contribution >= 4 is 17.4 Å². The highest BCUT2D eigenvalue weighted by Gasteiger charge is 2.19. The van der Waals surface area contributed by atoms with Gasteiger partial charge in [0, 0.05) is 18.0 Å². The molecule has 2 rings (SSSR count). The first-order chi connectivity index (χ1) is 8.74. The Bertz CT molecular complexity index is 484. The number of pyridine rings is 2. The van der Waals surface area contributed by atoms with Crippen LogP contribution < -0.4 is 11.1 Å². The van der Waals surface area contributed by atoms with Crippen LogP contribution in [-0.4, -0.2) is 16.5 Å². The third kappa shape index (κ3) is 2.60. The summed E-state index contributed by atoms with van der Waals surface area (Å²) in [7, 11) is 0. The van der Waals surface area contributed by atoms with Gasteiger partial charge in [-0.15, -0.1) is 0 Å². The van der Waals surface area contributed by atoms with Crippen molar-refractivity contribution in [3.05, 3.63) is 52.9 Å². The molecule has 0 aliphatic carbocycles. The molecule has 4 nitrogen and oxygen atoms in total. The average molecular weight is 263 g/mol. The molecule has 0 saturated carbocycles. The lowest BCUT2D eigenvalue weighted by Gasteiger charge is -2.19. The molecule has 0 fully saturated rings. The normalized spacial score (nSPS) is 12.3. The Labute approximate surface area is 111 Å². The summed E-state index contributed by atoms with van der Waals surface area (Å²) in [6, 6.07) is 7.27. The molecule has 5 heteroatoms. The minimum absolute atomic E-state index is 0.141. The number of hydrogen-bond acceptors (Lipinski definition) is 4. The molecule has 2 aromatic rings. The van der Waals surface area contributed by atoms with Crippen LogP contribution in [0.3, 0.4) is 0 Å². The second-order valence-electron chi connectivity index (χ2n) is 3.84. The molecule has 0 saturated heterocycles. The molecule has 0 aliphatic heterocycles. The summed E-state index contributed by atoms with van der Waals surface area (Å²) < 4.78 is 0. The fraction of sp³-hybridized carbons (Fsp3) is 0.231. The second kappa shape index (κ2) is 5.80. The van der Waals surface area contributed by atoms with Crippen molar-refractivity contribution in [2.24, 2.45) is 0 Å². The summed E-state index contributed by atoms with van der Waals surface area (Å²) in [5.41, 5.74) is 7.57. The summed E-state index contributed by atoms with van der Waals surface area (Å²) in [6.45, 7) is 2.81. The standard InChI is InChI=1S/C13H15ClN4/c1-2-16-11(9-5-3-8-18-13(9)15)12-10(14)6-4-7-17-12/h3-8,11,16H,2H2,1H3,(H2,15,18). The van der Waals surface area contributed by atoms with E-state index in [0.29, 0.717) is 10.8 Å². The minimum Gasteiger partial charge on any atom is -0.383 e. The molecular weight excluding hydrogens is 248 g/mol. The van der Waals surface area contributed by atoms with Crippen molar-refractivity contribution in [1.29, 1.82) is 0 Å². The smallest absolute Gasteiger partial charge is 0.128 e. The molecule has 94 valence electrons. The maximum atomic E-state index is 6.19. The van der Waals surface area contributed by atoms with Crippen LogP contribution in [0, 0.1) is 0 Å². The van der Waals surface area contributed by atoms with E-state index in [4.69, 9.17) is 17.3 Å². The molecule has 0 aliphatic rings. The number of rotatable bonds is 4. The van der Waals surface area contributed by atoms with Gasteiger partial charge in [-0.05, 0) is 24.7 Å². The first-order valence-electron chi connectivity index (χ1n) is 5.78. The van der Waals surface area contributed by atoms with Crippen LogP contribution in [0.5, 0.6) is 0 Å². The Kier molecular flexibility index (Phi) is 4.12. The van der Waals surface area contributed by atoms with Gasteiger partial charge in [0.15, 0.2) is 0 Å². The molecule has 2 aromatic heterocycles. The lowest BCUT2D eigenvalue weighted by Crippen LogP contribution is -2.24. The van der Waals surface area contributed by atoms with E-state index in [1.54, 1.807) is 18.5 Å². The minimum atomic E-state index is -0.141. The summed E-state index contributed by atoms with van der Waals surface area (Å²) in [6.07, 6.45) is 3.39. The van der Waals surface area contributed by atoms with Crippen molar-refractivity contribution in [3.63, 3.8) is 0 Å². The largest absolute Gasteiger partial charge is 0.383 e. The molecule has 1 unspecified atom stereocenters. The van der Waals surface area contributed by atoms with Crippen LogP contribution in [0.1, 0.15) is 24.2 Å². The first-order valence-corrected chi connectivity index (χ1v) is 6.16. The van der Waals surface area contributed by atoms with Crippen molar-refractivity contribution in [1.82, 2.24) is 15.3 Å². The van der Waals surface area contributed by atoms with Gasteiger partial charge in [0.2, 0.25) is 0 Å². The number of aromatic nitrogens is 2. The monoisotopic (exact) mass is 262 g/mol. The third-order valence-corrected chi connectivity index (χ3v) is 2.97. The topological polar surface area (TPSA) is 63.8 Å². The van der Waals surface area contributed by atoms with E-state index in [9.17, 15) is 0 Å². The number of nitrogen functional groups attached to an aromatic ring is 1. The van der Waals surface area contributed by atoms with Gasteiger partial charge in [-0.25, -0.2) is 4.98 Å². The van der Waals surface area contributed by atoms with Gasteiger partial charge < -0.3 is 11.1 Å². The molecule has 1 atom stereocenters. The zero-order valence-corrected chi connectivity index (χ0v) is 10.9. The lowest BCUT2D eigenvalue weighted by molar-refractivity contribution is 0.616. The van der Waals surface area contributed by atoms with Crippen LogP contribution in [0.4, 0.5) is 5.82 Å². The van der Waals surface area contributed by atoms with Gasteiger partial charge in [-0.3, -0.25) is 4.98 Å². The van der Waals surface area contributed by atoms with Crippen LogP contribution >= 0.6 is 11.6 Å². The molecule has 0 spiro atoms. The van der Waals surface area contributed by atoms with Crippen molar-refractivity contribution in [2.45, 2.75) is 13.0 Å². The number of halogens is 1. The number of nitrogens with zero attached hydrogens (tertiary/aromatic N) is 2. The maximum Gasteiger partial charge on any atom is 0.128 e. The summed E-state index contributed by atoms with van der Waals surface area (Å²) >= 11 is 6.19. The van der Waals surface area contributed by atoms with E-state index in [0.717, 1.165) is 17.8 Å². The Balaban J connectivity index is 2.47. The highest BCUT2D eigenvalue weighted by atomic mass is 35.5. The summed E-state index contributed by atoms with van der Waals surface area (Å²) in [4.78, 5) is 8.44. The number of anilines is 1. The van der Waals surface area contributed by atoms with Crippen molar-refractivity contribution in [3.8, 4) is 0 Å². The zero-order valence-electron chi connectivity index (χ0n) is 10.1. The van der Waals surface area contributed by atoms with E-state index in [-0.39, 0.29) is 6.04 Å². The number of nitrogens with one attached hydrogen (secondary N) is 1. The van der Waals surface area contributed by atoms with Gasteiger partial charge in [0.1, 0.15) is 5.82 Å². The second-order valence-corrected chi connectivity index (χ2v) is 4.25. The Morgan fingerprint density at radius 1 is 1.28 bits per heavy atom. The first kappa shape index (κ1) is 12.8. The van der Waals surface area contributed by atoms with Gasteiger partial charge in [0.05, 0.1) is 16.8 Å². The molecule has 18 heavy (non-hydrogen) atoms. The maximum absolute atomic E-state index is 6.19. The predicted octanol–water partition coefficient (Wildman–Crippen LogP) is 2.41. The highest BCUT2D eigenvalue weighted by molar-refractivity contribution is 6.31. The molecule has 0 radical (unpaired) electrons. The number of nitrogens with two attached hydrogens (primary N) is 1. The Morgan fingerprint density at radius 3 is 2.67 bits per heavy atom. The molecule has 0 bridgehead atoms. The SMILES string of the molecule is CCNC(c1cccnc1N)c1ncccc1Cl. The van der Waals surface area contributed by atoms with E-state index in [1.807, 2.05) is 25.1 Å². The average Bonchev–Trinajstić information content (AvgIpc) is 2.38. The van der Waals surface area contributed by atoms with Gasteiger partial charge in [-0.1, -0.05) is 24.6 Å². The molecule has 0 amide bonds. The van der Waals surface area contributed by atoms with Crippen LogP contribution in [0.25, 0.3) is 0 Å². The quantitative estimate of drug-likeness (QED) is 0.888. The van der Waals surface area contributed by atoms with E-state index in [1.165, 1.54) is 0 Å². The van der Waals surface area contributed by atoms with Crippen LogP contribution in [0.2, 0.25) is 5.02 Å². The van der Waals surface area contributed by atoms with E-state index in [2.05, 4.69) is 15.3 Å². The Morgan fingerprint density at radius 2 is 2.00 bits per heavy atom. The van der Waals surface area contributed by atoms with Gasteiger partial charge in [-0.2, -0.15) is 0 Å². The van der Waals surface area contributed by atoms with Gasteiger partial charge in [0.25, 0.3) is 0 Å². The van der Waals surface area contributed by atoms with E-state index >= 15 is 0 Å². The number of hydrogen-bond donors (Lipinski definition) is 2. The third-order valence-electron chi connectivity index (χ3n) is 2.65. The molecular formula is C13H15ClN4. The summed E-state index contributed by atoms with van der Waals surface area (Å²) in [5, 5.41) is 3.95. The van der Waals surface area contributed by atoms with Crippen molar-refractivity contribution < 1.29 is 0 Å². The lowest BCUT2D eigenvalue weighted by atomic mass is 10.0. The molecule has 2 heterocycles. The fourth-order valence-electron chi connectivity index (χ4n) is 1.84. The van der Waals surface area contributed by atoms with Crippen LogP contribution in [0.15, 0.2) is 36.7 Å². The molecule has 3 N–H and O–H groups in total. The Hall–Kier alpha value is -1.65. The van der Waals surface area contributed by atoms with E-state index < -0.39 is 0 Å². The molecule has 0 aromatic carbocycles. The zero-order chi connectivity index (χ0) is 13.0.